The fraction of sp³-hybridized carbons (Fsp3) is 0.150. The smallest absolute Gasteiger partial charge is 0.258 e. The van der Waals surface area contributed by atoms with Crippen molar-refractivity contribution >= 4 is 23.3 Å². The second kappa shape index (κ2) is 6.77. The van der Waals surface area contributed by atoms with E-state index in [0.717, 1.165) is 35.6 Å². The Morgan fingerprint density at radius 2 is 2.04 bits per heavy atom. The quantitative estimate of drug-likeness (QED) is 0.751. The van der Waals surface area contributed by atoms with Crippen LogP contribution >= 0.6 is 11.6 Å². The highest BCUT2D eigenvalue weighted by molar-refractivity contribution is 6.34. The summed E-state index contributed by atoms with van der Waals surface area (Å²) in [4.78, 5) is 21.1. The average molecular weight is 366 g/mol. The maximum absolute atomic E-state index is 12.3. The third kappa shape index (κ3) is 3.13. The van der Waals surface area contributed by atoms with E-state index in [-0.39, 0.29) is 5.91 Å². The molecule has 26 heavy (non-hydrogen) atoms. The Bertz CT molecular complexity index is 987. The Labute approximate surface area is 156 Å². The molecule has 1 N–H and O–H groups in total. The highest BCUT2D eigenvalue weighted by Gasteiger charge is 2.16. The van der Waals surface area contributed by atoms with Gasteiger partial charge < -0.3 is 10.1 Å². The Kier molecular flexibility index (Phi) is 4.31. The number of anilines is 1. The zero-order valence-electron chi connectivity index (χ0n) is 14.1. The van der Waals surface area contributed by atoms with Crippen LogP contribution in [0.2, 0.25) is 5.02 Å². The molecule has 6 heteroatoms. The lowest BCUT2D eigenvalue weighted by atomic mass is 10.0. The molecule has 0 saturated carbocycles. The van der Waals surface area contributed by atoms with Gasteiger partial charge in [0, 0.05) is 12.0 Å². The molecule has 0 radical (unpaired) electrons. The molecule has 130 valence electrons. The van der Waals surface area contributed by atoms with Gasteiger partial charge in [0.25, 0.3) is 5.91 Å². The molecule has 0 bridgehead atoms. The summed E-state index contributed by atoms with van der Waals surface area (Å²) in [5.41, 5.74) is 4.43. The molecule has 5 nitrogen and oxygen atoms in total. The normalized spacial score (nSPS) is 12.4. The van der Waals surface area contributed by atoms with Crippen LogP contribution < -0.4 is 10.1 Å². The van der Waals surface area contributed by atoms with E-state index in [0.29, 0.717) is 16.4 Å². The highest BCUT2D eigenvalue weighted by atomic mass is 35.5. The van der Waals surface area contributed by atoms with Gasteiger partial charge in [-0.1, -0.05) is 23.7 Å². The number of carbonyl (C=O) groups excluding carboxylic acids is 1. The largest absolute Gasteiger partial charge is 0.493 e. The summed E-state index contributed by atoms with van der Waals surface area (Å²) in [5.74, 6) is 1.01. The van der Waals surface area contributed by atoms with E-state index < -0.39 is 0 Å². The van der Waals surface area contributed by atoms with Crippen molar-refractivity contribution in [1.82, 2.24) is 9.97 Å². The van der Waals surface area contributed by atoms with Gasteiger partial charge in [-0.3, -0.25) is 9.78 Å². The molecule has 0 fully saturated rings. The topological polar surface area (TPSA) is 64.1 Å². The SMILES string of the molecule is Cc1cc2c(cc1-c1cnc(NC(=O)c3ccccc3Cl)cn1)CCO2. The maximum Gasteiger partial charge on any atom is 0.258 e. The average Bonchev–Trinajstić information content (AvgIpc) is 3.09. The molecule has 1 aliphatic heterocycles. The van der Waals surface area contributed by atoms with Crippen molar-refractivity contribution in [1.29, 1.82) is 0 Å². The van der Waals surface area contributed by atoms with Crippen LogP contribution in [-0.2, 0) is 6.42 Å². The van der Waals surface area contributed by atoms with Crippen molar-refractivity contribution in [3.05, 3.63) is 70.5 Å². The maximum atomic E-state index is 12.3. The predicted octanol–water partition coefficient (Wildman–Crippen LogP) is 4.29. The van der Waals surface area contributed by atoms with Gasteiger partial charge in [0.05, 0.1) is 35.3 Å². The fourth-order valence-corrected chi connectivity index (χ4v) is 3.19. The van der Waals surface area contributed by atoms with Gasteiger partial charge in [0.15, 0.2) is 5.82 Å². The lowest BCUT2D eigenvalue weighted by molar-refractivity contribution is 0.102. The number of benzene rings is 2. The lowest BCUT2D eigenvalue weighted by Crippen LogP contribution is -2.13. The standard InChI is InChI=1S/C20H16ClN3O2/c1-12-8-18-13(6-7-26-18)9-15(12)17-10-23-19(11-22-17)24-20(25)14-4-2-3-5-16(14)21/h2-5,8-11H,6-7H2,1H3,(H,23,24,25). The van der Waals surface area contributed by atoms with Crippen LogP contribution in [0.3, 0.4) is 0 Å². The van der Waals surface area contributed by atoms with Gasteiger partial charge in [0.2, 0.25) is 0 Å². The summed E-state index contributed by atoms with van der Waals surface area (Å²) in [6.45, 7) is 2.74. The second-order valence-electron chi connectivity index (χ2n) is 6.09. The number of amides is 1. The number of aryl methyl sites for hydroxylation is 1. The number of nitrogens with zero attached hydrogens (tertiary/aromatic N) is 2. The Hall–Kier alpha value is -2.92. The zero-order chi connectivity index (χ0) is 18.1. The predicted molar refractivity (Wildman–Crippen MR) is 101 cm³/mol. The number of rotatable bonds is 3. The minimum Gasteiger partial charge on any atom is -0.493 e. The number of halogens is 1. The summed E-state index contributed by atoms with van der Waals surface area (Å²) < 4.78 is 5.59. The van der Waals surface area contributed by atoms with E-state index in [1.165, 1.54) is 5.56 Å². The summed E-state index contributed by atoms with van der Waals surface area (Å²) >= 11 is 6.05. The molecule has 0 spiro atoms. The first kappa shape index (κ1) is 16.5. The molecule has 1 aliphatic rings. The lowest BCUT2D eigenvalue weighted by Gasteiger charge is -2.09. The summed E-state index contributed by atoms with van der Waals surface area (Å²) in [6.07, 6.45) is 4.11. The molecule has 0 aliphatic carbocycles. The molecule has 2 heterocycles. The first-order chi connectivity index (χ1) is 12.6. The minimum atomic E-state index is -0.316. The second-order valence-corrected chi connectivity index (χ2v) is 6.50. The molecule has 1 amide bonds. The molecular formula is C20H16ClN3O2. The zero-order valence-corrected chi connectivity index (χ0v) is 14.9. The van der Waals surface area contributed by atoms with Gasteiger partial charge >= 0.3 is 0 Å². The van der Waals surface area contributed by atoms with Gasteiger partial charge in [-0.15, -0.1) is 0 Å². The molecule has 2 aromatic carbocycles. The van der Waals surface area contributed by atoms with Crippen LogP contribution in [0.25, 0.3) is 11.3 Å². The van der Waals surface area contributed by atoms with Crippen molar-refractivity contribution in [2.24, 2.45) is 0 Å². The molecule has 1 aromatic heterocycles. The number of carbonyl (C=O) groups is 1. The molecule has 3 aromatic rings. The monoisotopic (exact) mass is 365 g/mol. The van der Waals surface area contributed by atoms with Crippen LogP contribution in [0.5, 0.6) is 5.75 Å². The van der Waals surface area contributed by atoms with Crippen LogP contribution in [-0.4, -0.2) is 22.5 Å². The highest BCUT2D eigenvalue weighted by Crippen LogP contribution is 2.32. The third-order valence-electron chi connectivity index (χ3n) is 4.32. The van der Waals surface area contributed by atoms with Crippen molar-refractivity contribution in [3.8, 4) is 17.0 Å². The van der Waals surface area contributed by atoms with E-state index >= 15 is 0 Å². The van der Waals surface area contributed by atoms with Crippen LogP contribution in [0, 0.1) is 6.92 Å². The molecule has 0 saturated heterocycles. The number of hydrogen-bond donors (Lipinski definition) is 1. The van der Waals surface area contributed by atoms with Crippen LogP contribution in [0.4, 0.5) is 5.82 Å². The molecular weight excluding hydrogens is 350 g/mol. The van der Waals surface area contributed by atoms with Crippen molar-refractivity contribution in [3.63, 3.8) is 0 Å². The van der Waals surface area contributed by atoms with E-state index in [9.17, 15) is 4.79 Å². The molecule has 0 unspecified atom stereocenters. The Balaban J connectivity index is 1.56. The minimum absolute atomic E-state index is 0.316. The number of hydrogen-bond acceptors (Lipinski definition) is 4. The first-order valence-electron chi connectivity index (χ1n) is 8.26. The Morgan fingerprint density at radius 3 is 2.81 bits per heavy atom. The number of aromatic nitrogens is 2. The van der Waals surface area contributed by atoms with Gasteiger partial charge in [-0.25, -0.2) is 4.98 Å². The van der Waals surface area contributed by atoms with Gasteiger partial charge in [-0.05, 0) is 42.3 Å². The third-order valence-corrected chi connectivity index (χ3v) is 4.65. The molecule has 4 rings (SSSR count). The fourth-order valence-electron chi connectivity index (χ4n) is 2.96. The number of ether oxygens (including phenoxy) is 1. The number of fused-ring (bicyclic) bond motifs is 1. The summed E-state index contributed by atoms with van der Waals surface area (Å²) in [6, 6.07) is 11.0. The van der Waals surface area contributed by atoms with Gasteiger partial charge in [0.1, 0.15) is 5.75 Å². The number of nitrogens with one attached hydrogen (secondary N) is 1. The van der Waals surface area contributed by atoms with Crippen molar-refractivity contribution < 1.29 is 9.53 Å². The van der Waals surface area contributed by atoms with Gasteiger partial charge in [-0.2, -0.15) is 0 Å². The van der Waals surface area contributed by atoms with E-state index in [1.807, 2.05) is 13.0 Å². The first-order valence-corrected chi connectivity index (χ1v) is 8.64. The van der Waals surface area contributed by atoms with Crippen molar-refractivity contribution in [2.75, 3.05) is 11.9 Å². The van der Waals surface area contributed by atoms with E-state index in [4.69, 9.17) is 16.3 Å². The Morgan fingerprint density at radius 1 is 1.19 bits per heavy atom. The summed E-state index contributed by atoms with van der Waals surface area (Å²) in [7, 11) is 0. The van der Waals surface area contributed by atoms with Crippen LogP contribution in [0.1, 0.15) is 21.5 Å². The van der Waals surface area contributed by atoms with E-state index in [1.54, 1.807) is 36.7 Å². The summed E-state index contributed by atoms with van der Waals surface area (Å²) in [5, 5.41) is 3.11. The van der Waals surface area contributed by atoms with E-state index in [2.05, 4.69) is 21.4 Å². The molecule has 0 atom stereocenters. The van der Waals surface area contributed by atoms with Crippen LogP contribution in [0.15, 0.2) is 48.8 Å². The van der Waals surface area contributed by atoms with Crippen molar-refractivity contribution in [2.45, 2.75) is 13.3 Å².